The number of para-hydroxylation sites is 2. The third-order valence-corrected chi connectivity index (χ3v) is 7.64. The summed E-state index contributed by atoms with van der Waals surface area (Å²) in [5.41, 5.74) is 5.47. The van der Waals surface area contributed by atoms with Crippen molar-refractivity contribution in [2.45, 2.75) is 13.0 Å². The molecule has 1 aliphatic rings. The number of aromatic nitrogens is 1. The standard InChI is InChI=1S/C33H27N3OS/c37-32-31(22-27-24-35(23-26-14-6-2-7-15-26)30-19-11-10-18-29(27)30)38-33(34-28-16-8-3-9-17-28)36(32)21-20-25-12-4-1-5-13-25/h1-19,22,24H,20-21,23H2/b31-22+,34-33?. The van der Waals surface area contributed by atoms with Crippen LogP contribution in [0.5, 0.6) is 0 Å². The lowest BCUT2D eigenvalue weighted by Crippen LogP contribution is -2.31. The number of rotatable bonds is 7. The van der Waals surface area contributed by atoms with Gasteiger partial charge in [0.1, 0.15) is 0 Å². The maximum atomic E-state index is 13.7. The first-order valence-electron chi connectivity index (χ1n) is 12.8. The van der Waals surface area contributed by atoms with Gasteiger partial charge in [0.05, 0.1) is 10.6 Å². The molecule has 0 N–H and O–H groups in total. The van der Waals surface area contributed by atoms with Crippen LogP contribution in [0.3, 0.4) is 0 Å². The number of nitrogens with zero attached hydrogens (tertiary/aromatic N) is 3. The van der Waals surface area contributed by atoms with Gasteiger partial charge < -0.3 is 4.57 Å². The molecule has 186 valence electrons. The van der Waals surface area contributed by atoms with E-state index in [2.05, 4.69) is 71.4 Å². The first-order chi connectivity index (χ1) is 18.7. The fourth-order valence-corrected chi connectivity index (χ4v) is 5.74. The number of aliphatic imine (C=N–C) groups is 1. The molecule has 0 radical (unpaired) electrons. The highest BCUT2D eigenvalue weighted by Gasteiger charge is 2.33. The van der Waals surface area contributed by atoms with Crippen LogP contribution in [0, 0.1) is 0 Å². The molecule has 0 atom stereocenters. The summed E-state index contributed by atoms with van der Waals surface area (Å²) in [6.07, 6.45) is 4.95. The van der Waals surface area contributed by atoms with E-state index in [1.807, 2.05) is 65.6 Å². The summed E-state index contributed by atoms with van der Waals surface area (Å²) in [7, 11) is 0. The monoisotopic (exact) mass is 513 g/mol. The molecule has 1 amide bonds. The molecule has 0 bridgehead atoms. The zero-order valence-corrected chi connectivity index (χ0v) is 21.7. The molecular weight excluding hydrogens is 486 g/mol. The molecule has 0 saturated carbocycles. The summed E-state index contributed by atoms with van der Waals surface area (Å²) in [6.45, 7) is 1.35. The highest BCUT2D eigenvalue weighted by molar-refractivity contribution is 8.18. The molecule has 1 aromatic heterocycles. The molecule has 1 saturated heterocycles. The Bertz CT molecular complexity index is 1620. The van der Waals surface area contributed by atoms with Gasteiger partial charge in [-0.1, -0.05) is 97.1 Å². The molecule has 0 unspecified atom stereocenters. The van der Waals surface area contributed by atoms with Crippen molar-refractivity contribution < 1.29 is 4.79 Å². The van der Waals surface area contributed by atoms with Gasteiger partial charge >= 0.3 is 0 Å². The van der Waals surface area contributed by atoms with Gasteiger partial charge in [-0.3, -0.25) is 9.69 Å². The Hall–Kier alpha value is -4.35. The fourth-order valence-electron chi connectivity index (χ4n) is 4.73. The maximum Gasteiger partial charge on any atom is 0.266 e. The van der Waals surface area contributed by atoms with Crippen molar-refractivity contribution in [3.05, 3.63) is 143 Å². The van der Waals surface area contributed by atoms with Crippen LogP contribution in [-0.4, -0.2) is 27.1 Å². The van der Waals surface area contributed by atoms with Gasteiger partial charge in [-0.25, -0.2) is 4.99 Å². The second-order valence-corrected chi connectivity index (χ2v) is 10.3. The molecule has 2 heterocycles. The van der Waals surface area contributed by atoms with Crippen molar-refractivity contribution in [1.82, 2.24) is 9.47 Å². The number of amides is 1. The lowest BCUT2D eigenvalue weighted by atomic mass is 10.1. The molecular formula is C33H27N3OS. The third kappa shape index (κ3) is 5.20. The second-order valence-electron chi connectivity index (χ2n) is 9.25. The van der Waals surface area contributed by atoms with Crippen molar-refractivity contribution in [2.75, 3.05) is 6.54 Å². The van der Waals surface area contributed by atoms with E-state index < -0.39 is 0 Å². The van der Waals surface area contributed by atoms with Crippen molar-refractivity contribution in [2.24, 2.45) is 4.99 Å². The van der Waals surface area contributed by atoms with E-state index in [9.17, 15) is 4.79 Å². The highest BCUT2D eigenvalue weighted by Crippen LogP contribution is 2.36. The molecule has 5 heteroatoms. The largest absolute Gasteiger partial charge is 0.342 e. The number of thioether (sulfide) groups is 1. The summed E-state index contributed by atoms with van der Waals surface area (Å²) in [6, 6.07) is 38.9. The molecule has 5 aromatic rings. The Labute approximate surface area is 227 Å². The van der Waals surface area contributed by atoms with Crippen molar-refractivity contribution in [3.63, 3.8) is 0 Å². The van der Waals surface area contributed by atoms with Crippen LogP contribution < -0.4 is 0 Å². The van der Waals surface area contributed by atoms with E-state index >= 15 is 0 Å². The number of fused-ring (bicyclic) bond motifs is 1. The molecule has 1 aliphatic heterocycles. The summed E-state index contributed by atoms with van der Waals surface area (Å²) >= 11 is 1.45. The first-order valence-corrected chi connectivity index (χ1v) is 13.6. The Morgan fingerprint density at radius 2 is 1.37 bits per heavy atom. The zero-order valence-electron chi connectivity index (χ0n) is 20.9. The van der Waals surface area contributed by atoms with Crippen molar-refractivity contribution in [1.29, 1.82) is 0 Å². The zero-order chi connectivity index (χ0) is 25.7. The molecule has 0 spiro atoms. The van der Waals surface area contributed by atoms with Gasteiger partial charge in [0, 0.05) is 35.8 Å². The number of carbonyl (C=O) groups excluding carboxylic acids is 1. The SMILES string of the molecule is O=C1/C(=C\c2cn(Cc3ccccc3)c3ccccc23)SC(=Nc2ccccc2)N1CCc1ccccc1. The van der Waals surface area contributed by atoms with E-state index in [0.717, 1.165) is 40.3 Å². The minimum Gasteiger partial charge on any atom is -0.342 e. The summed E-state index contributed by atoms with van der Waals surface area (Å²) in [4.78, 5) is 21.1. The molecule has 4 aromatic carbocycles. The lowest BCUT2D eigenvalue weighted by molar-refractivity contribution is -0.122. The normalized spacial score (nSPS) is 15.7. The smallest absolute Gasteiger partial charge is 0.266 e. The Balaban J connectivity index is 1.35. The van der Waals surface area contributed by atoms with E-state index in [1.54, 1.807) is 0 Å². The van der Waals surface area contributed by atoms with Crippen molar-refractivity contribution in [3.8, 4) is 0 Å². The van der Waals surface area contributed by atoms with Gasteiger partial charge in [-0.05, 0) is 53.6 Å². The quantitative estimate of drug-likeness (QED) is 0.211. The van der Waals surface area contributed by atoms with E-state index in [4.69, 9.17) is 4.99 Å². The van der Waals surface area contributed by atoms with Crippen LogP contribution in [0.2, 0.25) is 0 Å². The summed E-state index contributed by atoms with van der Waals surface area (Å²) in [5.74, 6) is 0.000466. The highest BCUT2D eigenvalue weighted by atomic mass is 32.2. The molecule has 1 fully saturated rings. The number of carbonyl (C=O) groups is 1. The first kappa shape index (κ1) is 24.0. The third-order valence-electron chi connectivity index (χ3n) is 6.64. The maximum absolute atomic E-state index is 13.7. The Morgan fingerprint density at radius 3 is 2.11 bits per heavy atom. The van der Waals surface area contributed by atoms with Crippen LogP contribution in [0.15, 0.2) is 131 Å². The average molecular weight is 514 g/mol. The average Bonchev–Trinajstić information content (AvgIpc) is 3.45. The number of benzene rings is 4. The minimum absolute atomic E-state index is 0.000466. The van der Waals surface area contributed by atoms with Crippen molar-refractivity contribution >= 4 is 45.5 Å². The van der Waals surface area contributed by atoms with E-state index in [0.29, 0.717) is 11.4 Å². The number of hydrogen-bond acceptors (Lipinski definition) is 3. The summed E-state index contributed by atoms with van der Waals surface area (Å²) < 4.78 is 2.26. The molecule has 6 rings (SSSR count). The lowest BCUT2D eigenvalue weighted by Gasteiger charge is -2.15. The van der Waals surface area contributed by atoms with Crippen LogP contribution in [0.4, 0.5) is 5.69 Å². The van der Waals surface area contributed by atoms with E-state index in [-0.39, 0.29) is 5.91 Å². The Kier molecular flexibility index (Phi) is 6.92. The van der Waals surface area contributed by atoms with Crippen LogP contribution in [0.1, 0.15) is 16.7 Å². The second kappa shape index (κ2) is 11.0. The minimum atomic E-state index is 0.000466. The van der Waals surface area contributed by atoms with Gasteiger partial charge in [0.15, 0.2) is 5.17 Å². The predicted molar refractivity (Wildman–Crippen MR) is 158 cm³/mol. The topological polar surface area (TPSA) is 37.6 Å². The van der Waals surface area contributed by atoms with Gasteiger partial charge in [-0.2, -0.15) is 0 Å². The van der Waals surface area contributed by atoms with Crippen LogP contribution in [0.25, 0.3) is 17.0 Å². The van der Waals surface area contributed by atoms with Crippen LogP contribution >= 0.6 is 11.8 Å². The predicted octanol–water partition coefficient (Wildman–Crippen LogP) is 7.54. The van der Waals surface area contributed by atoms with Crippen LogP contribution in [-0.2, 0) is 17.8 Å². The molecule has 0 aliphatic carbocycles. The number of amidine groups is 1. The van der Waals surface area contributed by atoms with Gasteiger partial charge in [0.25, 0.3) is 5.91 Å². The number of hydrogen-bond donors (Lipinski definition) is 0. The fraction of sp³-hybridized carbons (Fsp3) is 0.0909. The molecule has 4 nitrogen and oxygen atoms in total. The summed E-state index contributed by atoms with van der Waals surface area (Å²) in [5, 5.41) is 1.85. The molecule has 38 heavy (non-hydrogen) atoms. The van der Waals surface area contributed by atoms with E-state index in [1.165, 1.54) is 22.9 Å². The van der Waals surface area contributed by atoms with Gasteiger partial charge in [0.2, 0.25) is 0 Å². The van der Waals surface area contributed by atoms with Gasteiger partial charge in [-0.15, -0.1) is 0 Å². The Morgan fingerprint density at radius 1 is 0.737 bits per heavy atom.